The third-order valence-corrected chi connectivity index (χ3v) is 4.50. The van der Waals surface area contributed by atoms with Crippen LogP contribution in [0.3, 0.4) is 0 Å². The molecule has 0 atom stereocenters. The van der Waals surface area contributed by atoms with Crippen LogP contribution in [0.4, 0.5) is 4.39 Å². The van der Waals surface area contributed by atoms with E-state index in [2.05, 4.69) is 10.1 Å². The Morgan fingerprint density at radius 1 is 1.21 bits per heavy atom. The van der Waals surface area contributed by atoms with Gasteiger partial charge in [0.15, 0.2) is 6.79 Å². The van der Waals surface area contributed by atoms with E-state index in [9.17, 15) is 4.39 Å². The molecule has 24 heavy (non-hydrogen) atoms. The van der Waals surface area contributed by atoms with E-state index in [0.717, 1.165) is 16.8 Å². The fourth-order valence-electron chi connectivity index (χ4n) is 2.53. The first kappa shape index (κ1) is 15.2. The van der Waals surface area contributed by atoms with E-state index in [0.29, 0.717) is 23.3 Å². The van der Waals surface area contributed by atoms with Crippen molar-refractivity contribution < 1.29 is 13.9 Å². The summed E-state index contributed by atoms with van der Waals surface area (Å²) in [5.74, 6) is 0.942. The Morgan fingerprint density at radius 2 is 2.08 bits per heavy atom. The largest absolute Gasteiger partial charge is 0.467 e. The molecule has 1 aliphatic heterocycles. The zero-order chi connectivity index (χ0) is 16.4. The van der Waals surface area contributed by atoms with Crippen molar-refractivity contribution in [2.45, 2.75) is 17.5 Å². The Hall–Kier alpha value is -2.38. The lowest BCUT2D eigenvalue weighted by atomic mass is 10.1. The molecular weight excluding hydrogens is 329 g/mol. The molecule has 0 amide bonds. The summed E-state index contributed by atoms with van der Waals surface area (Å²) in [7, 11) is 0. The Morgan fingerprint density at radius 3 is 2.96 bits per heavy atom. The molecule has 0 radical (unpaired) electrons. The minimum atomic E-state index is -0.291. The minimum absolute atomic E-state index is 0.192. The molecule has 0 unspecified atom stereocenters. The quantitative estimate of drug-likeness (QED) is 0.678. The van der Waals surface area contributed by atoms with Gasteiger partial charge in [-0.3, -0.25) is 0 Å². The van der Waals surface area contributed by atoms with Crippen LogP contribution in [-0.2, 0) is 17.1 Å². The van der Waals surface area contributed by atoms with Crippen LogP contribution >= 0.6 is 11.8 Å². The average Bonchev–Trinajstić information content (AvgIpc) is 3.09. The lowest BCUT2D eigenvalue weighted by Crippen LogP contribution is -2.13. The molecule has 2 heterocycles. The second kappa shape index (κ2) is 6.62. The predicted octanol–water partition coefficient (Wildman–Crippen LogP) is 3.57. The van der Waals surface area contributed by atoms with Crippen molar-refractivity contribution in [3.05, 3.63) is 65.7 Å². The number of fused-ring (bicyclic) bond motifs is 1. The van der Waals surface area contributed by atoms with Crippen molar-refractivity contribution >= 4 is 11.8 Å². The molecule has 0 saturated carbocycles. The van der Waals surface area contributed by atoms with E-state index in [-0.39, 0.29) is 12.6 Å². The normalized spacial score (nSPS) is 13.4. The summed E-state index contributed by atoms with van der Waals surface area (Å²) in [4.78, 5) is 4.30. The molecule has 1 aliphatic rings. The fourth-order valence-corrected chi connectivity index (χ4v) is 3.29. The fraction of sp³-hybridized carbons (Fsp3) is 0.176. The van der Waals surface area contributed by atoms with E-state index in [1.807, 2.05) is 30.3 Å². The Labute approximate surface area is 142 Å². The van der Waals surface area contributed by atoms with Crippen LogP contribution in [0, 0.1) is 5.82 Å². The smallest absolute Gasteiger partial charge is 0.209 e. The number of aromatic nitrogens is 3. The van der Waals surface area contributed by atoms with Crippen molar-refractivity contribution in [3.8, 4) is 11.4 Å². The molecule has 4 rings (SSSR count). The van der Waals surface area contributed by atoms with Gasteiger partial charge >= 0.3 is 0 Å². The monoisotopic (exact) mass is 343 g/mol. The Kier molecular flexibility index (Phi) is 4.18. The highest BCUT2D eigenvalue weighted by Gasteiger charge is 2.17. The lowest BCUT2D eigenvalue weighted by molar-refractivity contribution is -0.0171. The number of halogens is 1. The molecule has 5 nitrogen and oxygen atoms in total. The van der Waals surface area contributed by atoms with E-state index in [1.165, 1.54) is 23.9 Å². The van der Waals surface area contributed by atoms with Gasteiger partial charge in [0.1, 0.15) is 17.9 Å². The van der Waals surface area contributed by atoms with Crippen LogP contribution in [-0.4, -0.2) is 21.6 Å². The summed E-state index contributed by atoms with van der Waals surface area (Å²) in [5, 5.41) is 5.07. The van der Waals surface area contributed by atoms with E-state index < -0.39 is 0 Å². The number of para-hydroxylation sites is 1. The first-order valence-electron chi connectivity index (χ1n) is 7.41. The maximum Gasteiger partial charge on any atom is 0.209 e. The van der Waals surface area contributed by atoms with Crippen LogP contribution in [0.1, 0.15) is 11.1 Å². The maximum atomic E-state index is 13.8. The number of hydrogen-bond donors (Lipinski definition) is 0. The number of rotatable bonds is 4. The van der Waals surface area contributed by atoms with Crippen molar-refractivity contribution in [1.29, 1.82) is 0 Å². The molecule has 0 bridgehead atoms. The summed E-state index contributed by atoms with van der Waals surface area (Å²) in [5.41, 5.74) is 2.47. The van der Waals surface area contributed by atoms with Crippen LogP contribution in [0.2, 0.25) is 0 Å². The third kappa shape index (κ3) is 3.13. The summed E-state index contributed by atoms with van der Waals surface area (Å²) < 4.78 is 26.2. The zero-order valence-corrected chi connectivity index (χ0v) is 13.5. The van der Waals surface area contributed by atoms with Gasteiger partial charge in [0, 0.05) is 16.9 Å². The van der Waals surface area contributed by atoms with Crippen LogP contribution < -0.4 is 4.74 Å². The number of nitrogens with zero attached hydrogens (tertiary/aromatic N) is 3. The Bertz CT molecular complexity index is 854. The molecule has 1 aromatic heterocycles. The molecule has 122 valence electrons. The van der Waals surface area contributed by atoms with Gasteiger partial charge in [0.2, 0.25) is 5.16 Å². The number of ether oxygens (including phenoxy) is 2. The second-order valence-corrected chi connectivity index (χ2v) is 6.20. The molecule has 2 aromatic carbocycles. The standard InChI is InChI=1S/C17H14FN3O2S/c18-14-6-12-8-22-11-23-16(12)13(7-14)9-24-17-19-10-21(20-17)15-4-2-1-3-5-15/h1-7,10H,8-9,11H2. The molecule has 0 aliphatic carbocycles. The number of thioether (sulfide) groups is 1. The van der Waals surface area contributed by atoms with Crippen molar-refractivity contribution in [2.24, 2.45) is 0 Å². The lowest BCUT2D eigenvalue weighted by Gasteiger charge is -2.20. The van der Waals surface area contributed by atoms with Gasteiger partial charge in [0.05, 0.1) is 12.3 Å². The Balaban J connectivity index is 1.52. The van der Waals surface area contributed by atoms with Crippen LogP contribution in [0.15, 0.2) is 53.9 Å². The molecule has 3 aromatic rings. The first-order valence-corrected chi connectivity index (χ1v) is 8.40. The highest BCUT2D eigenvalue weighted by molar-refractivity contribution is 7.98. The van der Waals surface area contributed by atoms with Crippen LogP contribution in [0.25, 0.3) is 5.69 Å². The van der Waals surface area contributed by atoms with Crippen molar-refractivity contribution in [2.75, 3.05) is 6.79 Å². The number of benzene rings is 2. The molecule has 0 saturated heterocycles. The summed E-state index contributed by atoms with van der Waals surface area (Å²) in [6, 6.07) is 12.7. The molecular formula is C17H14FN3O2S. The zero-order valence-electron chi connectivity index (χ0n) is 12.7. The SMILES string of the molecule is Fc1cc2c(c(CSc3ncn(-c4ccccc4)n3)c1)OCOC2. The van der Waals surface area contributed by atoms with E-state index >= 15 is 0 Å². The minimum Gasteiger partial charge on any atom is -0.467 e. The second-order valence-electron chi connectivity index (χ2n) is 5.26. The molecule has 0 fully saturated rings. The van der Waals surface area contributed by atoms with Gasteiger partial charge in [-0.15, -0.1) is 5.10 Å². The number of hydrogen-bond acceptors (Lipinski definition) is 5. The molecule has 7 heteroatoms. The molecule has 0 N–H and O–H groups in total. The first-order chi connectivity index (χ1) is 11.8. The van der Waals surface area contributed by atoms with Gasteiger partial charge in [-0.1, -0.05) is 30.0 Å². The van der Waals surface area contributed by atoms with Crippen molar-refractivity contribution in [1.82, 2.24) is 14.8 Å². The summed E-state index contributed by atoms with van der Waals surface area (Å²) in [6.45, 7) is 0.558. The highest BCUT2D eigenvalue weighted by Crippen LogP contribution is 2.33. The van der Waals surface area contributed by atoms with E-state index in [1.54, 1.807) is 11.0 Å². The van der Waals surface area contributed by atoms with E-state index in [4.69, 9.17) is 9.47 Å². The summed E-state index contributed by atoms with van der Waals surface area (Å²) >= 11 is 1.44. The third-order valence-electron chi connectivity index (χ3n) is 3.60. The van der Waals surface area contributed by atoms with Gasteiger partial charge in [-0.2, -0.15) is 0 Å². The van der Waals surface area contributed by atoms with Crippen LogP contribution in [0.5, 0.6) is 5.75 Å². The average molecular weight is 343 g/mol. The van der Waals surface area contributed by atoms with Gasteiger partial charge in [-0.05, 0) is 24.3 Å². The maximum absolute atomic E-state index is 13.8. The van der Waals surface area contributed by atoms with Gasteiger partial charge in [-0.25, -0.2) is 14.1 Å². The summed E-state index contributed by atoms with van der Waals surface area (Å²) in [6.07, 6.45) is 1.67. The topological polar surface area (TPSA) is 49.2 Å². The van der Waals surface area contributed by atoms with Gasteiger partial charge in [0.25, 0.3) is 0 Å². The van der Waals surface area contributed by atoms with Gasteiger partial charge < -0.3 is 9.47 Å². The predicted molar refractivity (Wildman–Crippen MR) is 87.6 cm³/mol. The van der Waals surface area contributed by atoms with Crippen molar-refractivity contribution in [3.63, 3.8) is 0 Å². The molecule has 0 spiro atoms. The highest BCUT2D eigenvalue weighted by atomic mass is 32.2.